The van der Waals surface area contributed by atoms with E-state index in [9.17, 15) is 16.8 Å². The highest BCUT2D eigenvalue weighted by Gasteiger charge is 2.15. The molecule has 0 aliphatic carbocycles. The first-order valence-electron chi connectivity index (χ1n) is 7.72. The van der Waals surface area contributed by atoms with Crippen LogP contribution in [0, 0.1) is 6.92 Å². The lowest BCUT2D eigenvalue weighted by molar-refractivity contribution is 0.600. The molecule has 0 radical (unpaired) electrons. The first kappa shape index (κ1) is 18.8. The van der Waals surface area contributed by atoms with Crippen LogP contribution < -0.4 is 4.72 Å². The second kappa shape index (κ2) is 7.33. The molecule has 0 atom stereocenters. The smallest absolute Gasteiger partial charge is 0.264 e. The van der Waals surface area contributed by atoms with Gasteiger partial charge in [-0.05, 0) is 37.3 Å². The van der Waals surface area contributed by atoms with Crippen LogP contribution >= 0.6 is 0 Å². The Hall–Kier alpha value is -2.98. The minimum atomic E-state index is -3.91. The summed E-state index contributed by atoms with van der Waals surface area (Å²) in [7, 11) is -7.78. The van der Waals surface area contributed by atoms with Gasteiger partial charge >= 0.3 is 0 Å². The molecule has 8 nitrogen and oxygen atoms in total. The maximum absolute atomic E-state index is 12.4. The van der Waals surface area contributed by atoms with E-state index in [2.05, 4.69) is 19.4 Å². The maximum Gasteiger partial charge on any atom is 0.264 e. The highest BCUT2D eigenvalue weighted by molar-refractivity contribution is 7.94. The predicted molar refractivity (Wildman–Crippen MR) is 101 cm³/mol. The van der Waals surface area contributed by atoms with E-state index in [-0.39, 0.29) is 21.4 Å². The third-order valence-electron chi connectivity index (χ3n) is 3.43. The Morgan fingerprint density at radius 3 is 2.15 bits per heavy atom. The largest absolute Gasteiger partial charge is 0.573 e. The zero-order valence-electron chi connectivity index (χ0n) is 14.1. The molecule has 27 heavy (non-hydrogen) atoms. The van der Waals surface area contributed by atoms with Crippen LogP contribution in [0.1, 0.15) is 5.69 Å². The second-order valence-electron chi connectivity index (χ2n) is 5.50. The highest BCUT2D eigenvalue weighted by Crippen LogP contribution is 2.28. The third-order valence-corrected chi connectivity index (χ3v) is 6.10. The average Bonchev–Trinajstić information content (AvgIpc) is 2.62. The normalized spacial score (nSPS) is 11.7. The molecule has 10 heteroatoms. The van der Waals surface area contributed by atoms with Crippen LogP contribution in [0.25, 0.3) is 4.72 Å². The molecular weight excluding hydrogens is 388 g/mol. The lowest BCUT2D eigenvalue weighted by Gasteiger charge is -2.22. The van der Waals surface area contributed by atoms with Gasteiger partial charge < -0.3 is 4.72 Å². The number of hydrogen-bond acceptors (Lipinski definition) is 6. The van der Waals surface area contributed by atoms with E-state index in [4.69, 9.17) is 0 Å². The van der Waals surface area contributed by atoms with Crippen molar-refractivity contribution in [2.45, 2.75) is 16.7 Å². The first-order valence-corrected chi connectivity index (χ1v) is 10.6. The van der Waals surface area contributed by atoms with E-state index in [1.54, 1.807) is 31.2 Å². The van der Waals surface area contributed by atoms with Crippen molar-refractivity contribution in [2.24, 2.45) is 0 Å². The van der Waals surface area contributed by atoms with Gasteiger partial charge in [0.25, 0.3) is 10.0 Å². The number of hydrogen-bond donors (Lipinski definition) is 1. The monoisotopic (exact) mass is 403 g/mol. The Kier molecular flexibility index (Phi) is 5.10. The standard InChI is InChI=1S/C17H15N4O4S2/c1-13-11-12-18-17(19-13)21-27(24,25)16-9-7-14(8-10-16)20-26(22,23)15-5-3-2-4-6-15/h2-12H,1H3,(H,18,19,21)/q-1. The van der Waals surface area contributed by atoms with Gasteiger partial charge in [-0.1, -0.05) is 30.3 Å². The fraction of sp³-hybridized carbons (Fsp3) is 0.0588. The van der Waals surface area contributed by atoms with Gasteiger partial charge in [0.2, 0.25) is 5.95 Å². The zero-order valence-corrected chi connectivity index (χ0v) is 15.8. The van der Waals surface area contributed by atoms with Gasteiger partial charge in [-0.15, -0.1) is 5.69 Å². The Labute approximate surface area is 157 Å². The maximum atomic E-state index is 12.4. The van der Waals surface area contributed by atoms with Crippen molar-refractivity contribution in [1.82, 2.24) is 9.97 Å². The molecule has 3 rings (SSSR count). The van der Waals surface area contributed by atoms with Crippen LogP contribution in [0.5, 0.6) is 0 Å². The summed E-state index contributed by atoms with van der Waals surface area (Å²) < 4.78 is 55.2. The fourth-order valence-corrected chi connectivity index (χ4v) is 4.10. The lowest BCUT2D eigenvalue weighted by Crippen LogP contribution is -2.15. The van der Waals surface area contributed by atoms with Gasteiger partial charge in [-0.2, -0.15) is 0 Å². The second-order valence-corrected chi connectivity index (χ2v) is 8.79. The molecule has 0 saturated carbocycles. The van der Waals surface area contributed by atoms with E-state index in [0.717, 1.165) is 0 Å². The molecule has 0 unspecified atom stereocenters. The molecule has 0 fully saturated rings. The number of benzene rings is 2. The van der Waals surface area contributed by atoms with Crippen molar-refractivity contribution in [1.29, 1.82) is 0 Å². The van der Waals surface area contributed by atoms with Crippen LogP contribution in [-0.2, 0) is 20.0 Å². The molecule has 0 bridgehead atoms. The SMILES string of the molecule is Cc1ccnc(NS(=O)(=O)c2ccc([N-]S(=O)(=O)c3ccccc3)cc2)n1. The molecule has 0 amide bonds. The molecule has 0 aliphatic rings. The van der Waals surface area contributed by atoms with Crippen LogP contribution in [0.3, 0.4) is 0 Å². The minimum absolute atomic E-state index is 0.0459. The predicted octanol–water partition coefficient (Wildman–Crippen LogP) is 2.98. The Bertz CT molecular complexity index is 1150. The average molecular weight is 403 g/mol. The summed E-state index contributed by atoms with van der Waals surface area (Å²) in [5, 5.41) is 0. The Balaban J connectivity index is 1.79. The summed E-state index contributed by atoms with van der Waals surface area (Å²) in [5.41, 5.74) is 0.729. The summed E-state index contributed by atoms with van der Waals surface area (Å²) in [6.07, 6.45) is 1.44. The molecule has 1 aromatic heterocycles. The van der Waals surface area contributed by atoms with Gasteiger partial charge in [0.15, 0.2) is 0 Å². The number of aromatic nitrogens is 2. The first-order chi connectivity index (χ1) is 12.8. The molecule has 1 heterocycles. The quantitative estimate of drug-likeness (QED) is 0.675. The van der Waals surface area contributed by atoms with Crippen molar-refractivity contribution < 1.29 is 16.8 Å². The van der Waals surface area contributed by atoms with Crippen LogP contribution in [0.15, 0.2) is 76.7 Å². The van der Waals surface area contributed by atoms with Crippen molar-refractivity contribution in [2.75, 3.05) is 4.72 Å². The van der Waals surface area contributed by atoms with E-state index in [0.29, 0.717) is 5.69 Å². The number of aryl methyl sites for hydroxylation is 1. The number of rotatable bonds is 6. The van der Waals surface area contributed by atoms with Crippen molar-refractivity contribution in [3.05, 3.63) is 77.3 Å². The zero-order chi connectivity index (χ0) is 19.5. The summed E-state index contributed by atoms with van der Waals surface area (Å²) >= 11 is 0. The molecule has 1 N–H and O–H groups in total. The lowest BCUT2D eigenvalue weighted by atomic mass is 10.3. The summed E-state index contributed by atoms with van der Waals surface area (Å²) in [5.74, 6) is -0.0459. The van der Waals surface area contributed by atoms with E-state index < -0.39 is 20.0 Å². The molecule has 140 valence electrons. The number of sulfonamides is 2. The number of nitrogens with zero attached hydrogens (tertiary/aromatic N) is 3. The molecule has 0 spiro atoms. The number of anilines is 1. The number of nitrogens with one attached hydrogen (secondary N) is 1. The molecular formula is C17H15N4O4S2-. The molecule has 0 aliphatic heterocycles. The van der Waals surface area contributed by atoms with E-state index in [1.165, 1.54) is 42.6 Å². The highest BCUT2D eigenvalue weighted by atomic mass is 32.2. The molecule has 2 aromatic carbocycles. The minimum Gasteiger partial charge on any atom is -0.573 e. The van der Waals surface area contributed by atoms with Gasteiger partial charge in [0, 0.05) is 11.9 Å². The van der Waals surface area contributed by atoms with Crippen molar-refractivity contribution in [3.63, 3.8) is 0 Å². The summed E-state index contributed by atoms with van der Waals surface area (Å²) in [6, 6.07) is 14.5. The van der Waals surface area contributed by atoms with Gasteiger partial charge in [-0.3, -0.25) is 0 Å². The fourth-order valence-electron chi connectivity index (χ4n) is 2.15. The van der Waals surface area contributed by atoms with E-state index in [1.807, 2.05) is 0 Å². The van der Waals surface area contributed by atoms with Crippen LogP contribution in [0.4, 0.5) is 11.6 Å². The van der Waals surface area contributed by atoms with Crippen molar-refractivity contribution in [3.8, 4) is 0 Å². The summed E-state index contributed by atoms with van der Waals surface area (Å²) in [6.45, 7) is 1.71. The van der Waals surface area contributed by atoms with Gasteiger partial charge in [0.1, 0.15) is 10.0 Å². The Morgan fingerprint density at radius 2 is 1.52 bits per heavy atom. The molecule has 0 saturated heterocycles. The topological polar surface area (TPSA) is 120 Å². The summed E-state index contributed by atoms with van der Waals surface area (Å²) in [4.78, 5) is 7.82. The molecule has 3 aromatic rings. The van der Waals surface area contributed by atoms with Gasteiger partial charge in [0.05, 0.1) is 9.79 Å². The Morgan fingerprint density at radius 1 is 0.852 bits per heavy atom. The van der Waals surface area contributed by atoms with Gasteiger partial charge in [-0.25, -0.2) is 31.5 Å². The van der Waals surface area contributed by atoms with Crippen LogP contribution in [-0.4, -0.2) is 26.8 Å². The van der Waals surface area contributed by atoms with Crippen molar-refractivity contribution >= 4 is 31.7 Å². The van der Waals surface area contributed by atoms with Crippen LogP contribution in [0.2, 0.25) is 0 Å². The third kappa shape index (κ3) is 4.60. The van der Waals surface area contributed by atoms with E-state index >= 15 is 0 Å².